The highest BCUT2D eigenvalue weighted by Crippen LogP contribution is 2.36. The molecule has 0 spiro atoms. The number of carbonyl (C=O) groups is 3. The summed E-state index contributed by atoms with van der Waals surface area (Å²) < 4.78 is 12.2. The van der Waals surface area contributed by atoms with Crippen molar-refractivity contribution in [2.24, 2.45) is 5.41 Å². The van der Waals surface area contributed by atoms with E-state index in [-0.39, 0.29) is 24.4 Å². The lowest BCUT2D eigenvalue weighted by Crippen LogP contribution is -2.53. The molecule has 7 rings (SSSR count). The number of likely N-dealkylation sites (tertiary alicyclic amines) is 3. The summed E-state index contributed by atoms with van der Waals surface area (Å²) in [6, 6.07) is 12.5. The van der Waals surface area contributed by atoms with Gasteiger partial charge in [0.15, 0.2) is 6.10 Å². The molecule has 3 fully saturated rings. The fourth-order valence-electron chi connectivity index (χ4n) is 8.78. The van der Waals surface area contributed by atoms with Crippen LogP contribution in [0, 0.1) is 12.3 Å². The Balaban J connectivity index is 1.01. The molecular weight excluding hydrogens is 644 g/mol. The molecule has 11 heteroatoms. The van der Waals surface area contributed by atoms with Crippen LogP contribution >= 0.6 is 0 Å². The Morgan fingerprint density at radius 3 is 2.35 bits per heavy atom. The van der Waals surface area contributed by atoms with Crippen LogP contribution in [0.1, 0.15) is 69.1 Å². The molecule has 276 valence electrons. The second kappa shape index (κ2) is 14.9. The molecule has 2 aromatic rings. The van der Waals surface area contributed by atoms with Crippen LogP contribution in [0.2, 0.25) is 0 Å². The molecule has 0 bridgehead atoms. The molecule has 1 N–H and O–H groups in total. The van der Waals surface area contributed by atoms with Gasteiger partial charge in [-0.2, -0.15) is 0 Å². The number of urea groups is 1. The molecule has 0 aromatic heterocycles. The maximum Gasteiger partial charge on any atom is 0.410 e. The van der Waals surface area contributed by atoms with E-state index in [9.17, 15) is 14.4 Å². The molecule has 0 aliphatic carbocycles. The molecule has 5 heterocycles. The Bertz CT molecular complexity index is 1590. The number of aryl methyl sites for hydroxylation is 1. The second-order valence-corrected chi connectivity index (χ2v) is 16.1. The van der Waals surface area contributed by atoms with E-state index in [1.165, 1.54) is 12.8 Å². The lowest BCUT2D eigenvalue weighted by Gasteiger charge is -2.44. The summed E-state index contributed by atoms with van der Waals surface area (Å²) in [6.45, 7) is 13.4. The van der Waals surface area contributed by atoms with Crippen LogP contribution in [0.15, 0.2) is 36.4 Å². The number of benzene rings is 2. The zero-order valence-electron chi connectivity index (χ0n) is 31.0. The van der Waals surface area contributed by atoms with Crippen molar-refractivity contribution in [1.82, 2.24) is 19.6 Å². The first-order chi connectivity index (χ1) is 24.5. The van der Waals surface area contributed by atoms with Crippen LogP contribution in [0.25, 0.3) is 0 Å². The predicted octanol–water partition coefficient (Wildman–Crippen LogP) is 5.54. The van der Waals surface area contributed by atoms with Gasteiger partial charge in [0, 0.05) is 64.0 Å². The van der Waals surface area contributed by atoms with Crippen molar-refractivity contribution in [2.75, 3.05) is 76.2 Å². The molecule has 0 saturated carbocycles. The molecule has 5 aliphatic heterocycles. The van der Waals surface area contributed by atoms with Crippen molar-refractivity contribution in [1.29, 1.82) is 0 Å². The highest BCUT2D eigenvalue weighted by Gasteiger charge is 2.37. The van der Waals surface area contributed by atoms with Crippen molar-refractivity contribution in [3.8, 4) is 5.75 Å². The molecular formula is C40H56N6O5. The third kappa shape index (κ3) is 7.93. The summed E-state index contributed by atoms with van der Waals surface area (Å²) in [5.41, 5.74) is 5.48. The SMILES string of the molecule is Cc1cc(C[C@@H](OC(=O)N2CCC(N3CCc4ccccc4NC3=O)CC2)C(=O)N2CCC(N3CCC(C)(C)CC3)CC2)cc2c1N(C)CCO2. The van der Waals surface area contributed by atoms with E-state index in [2.05, 4.69) is 55.1 Å². The summed E-state index contributed by atoms with van der Waals surface area (Å²) in [4.78, 5) is 51.6. The van der Waals surface area contributed by atoms with Crippen molar-refractivity contribution in [3.05, 3.63) is 53.1 Å². The molecule has 2 aromatic carbocycles. The third-order valence-electron chi connectivity index (χ3n) is 12.1. The first kappa shape index (κ1) is 35.4. The maximum atomic E-state index is 14.3. The molecule has 5 aliphatic rings. The number of amides is 4. The van der Waals surface area contributed by atoms with Crippen LogP contribution in [0.3, 0.4) is 0 Å². The number of ether oxygens (including phenoxy) is 2. The highest BCUT2D eigenvalue weighted by molar-refractivity contribution is 5.91. The number of hydrogen-bond acceptors (Lipinski definition) is 7. The van der Waals surface area contributed by atoms with E-state index in [1.807, 2.05) is 34.1 Å². The van der Waals surface area contributed by atoms with Crippen LogP contribution in [-0.2, 0) is 22.4 Å². The van der Waals surface area contributed by atoms with E-state index >= 15 is 0 Å². The molecule has 1 atom stereocenters. The van der Waals surface area contributed by atoms with E-state index < -0.39 is 12.2 Å². The average Bonchev–Trinajstić information content (AvgIpc) is 3.29. The van der Waals surface area contributed by atoms with Crippen molar-refractivity contribution >= 4 is 29.4 Å². The monoisotopic (exact) mass is 700 g/mol. The van der Waals surface area contributed by atoms with Crippen molar-refractivity contribution in [2.45, 2.75) is 90.3 Å². The summed E-state index contributed by atoms with van der Waals surface area (Å²) in [6.07, 6.45) is 5.30. The lowest BCUT2D eigenvalue weighted by atomic mass is 9.82. The summed E-state index contributed by atoms with van der Waals surface area (Å²) in [5.74, 6) is 0.690. The van der Waals surface area contributed by atoms with Gasteiger partial charge in [0.2, 0.25) is 0 Å². The number of fused-ring (bicyclic) bond motifs is 2. The Hall–Kier alpha value is -3.99. The predicted molar refractivity (Wildman–Crippen MR) is 199 cm³/mol. The number of nitrogens with one attached hydrogen (secondary N) is 1. The minimum absolute atomic E-state index is 0.0321. The standard InChI is InChI=1S/C40H56N6O5/c1-28-25-29(26-34-36(28)42(4)23-24-50-34)27-35(37(47)44-16-10-31(11-17-44)43-21-14-40(2,3)15-22-43)51-39(49)45-18-12-32(13-19-45)46-20-9-30-7-5-6-8-33(30)41-38(46)48/h5-8,25-26,31-32,35H,9-24,27H2,1-4H3,(H,41,48)/t35-/m1/s1. The number of carbonyl (C=O) groups excluding carboxylic acids is 3. The van der Waals surface area contributed by atoms with E-state index in [1.54, 1.807) is 4.90 Å². The Morgan fingerprint density at radius 2 is 1.61 bits per heavy atom. The quantitative estimate of drug-likeness (QED) is 0.423. The van der Waals surface area contributed by atoms with E-state index in [0.717, 1.165) is 72.7 Å². The van der Waals surface area contributed by atoms with E-state index in [4.69, 9.17) is 9.47 Å². The van der Waals surface area contributed by atoms with Gasteiger partial charge >= 0.3 is 12.1 Å². The van der Waals surface area contributed by atoms with Crippen molar-refractivity contribution < 1.29 is 23.9 Å². The number of rotatable bonds is 6. The van der Waals surface area contributed by atoms with Gasteiger partial charge in [-0.05, 0) is 99.2 Å². The smallest absolute Gasteiger partial charge is 0.410 e. The van der Waals surface area contributed by atoms with Gasteiger partial charge in [0.25, 0.3) is 5.91 Å². The number of nitrogens with zero attached hydrogens (tertiary/aromatic N) is 5. The molecule has 51 heavy (non-hydrogen) atoms. The number of para-hydroxylation sites is 1. The lowest BCUT2D eigenvalue weighted by molar-refractivity contribution is -0.142. The van der Waals surface area contributed by atoms with Gasteiger partial charge in [0.1, 0.15) is 12.4 Å². The van der Waals surface area contributed by atoms with Crippen LogP contribution in [-0.4, -0.2) is 122 Å². The molecule has 3 saturated heterocycles. The van der Waals surface area contributed by atoms with Crippen LogP contribution in [0.4, 0.5) is 21.0 Å². The fourth-order valence-corrected chi connectivity index (χ4v) is 8.78. The number of piperidine rings is 3. The topological polar surface area (TPSA) is 97.9 Å². The first-order valence-corrected chi connectivity index (χ1v) is 19.2. The van der Waals surface area contributed by atoms with E-state index in [0.29, 0.717) is 63.6 Å². The van der Waals surface area contributed by atoms with Gasteiger partial charge in [0.05, 0.1) is 12.2 Å². The fraction of sp³-hybridized carbons (Fsp3) is 0.625. The molecule has 0 radical (unpaired) electrons. The minimum Gasteiger partial charge on any atom is -0.490 e. The number of hydrogen-bond donors (Lipinski definition) is 1. The van der Waals surface area contributed by atoms with Gasteiger partial charge in [-0.25, -0.2) is 9.59 Å². The number of likely N-dealkylation sites (N-methyl/N-ethyl adjacent to an activating group) is 1. The van der Waals surface area contributed by atoms with Gasteiger partial charge in [-0.3, -0.25) is 4.79 Å². The summed E-state index contributed by atoms with van der Waals surface area (Å²) >= 11 is 0. The van der Waals surface area contributed by atoms with Crippen molar-refractivity contribution in [3.63, 3.8) is 0 Å². The first-order valence-electron chi connectivity index (χ1n) is 19.2. The average molecular weight is 701 g/mol. The Kier molecular flexibility index (Phi) is 10.4. The molecule has 4 amide bonds. The second-order valence-electron chi connectivity index (χ2n) is 16.1. The summed E-state index contributed by atoms with van der Waals surface area (Å²) in [5, 5.41) is 3.07. The third-order valence-corrected chi connectivity index (χ3v) is 12.1. The molecule has 0 unspecified atom stereocenters. The maximum absolute atomic E-state index is 14.3. The molecule has 11 nitrogen and oxygen atoms in total. The van der Waals surface area contributed by atoms with Crippen LogP contribution < -0.4 is 15.0 Å². The Labute approximate surface area is 303 Å². The zero-order chi connectivity index (χ0) is 35.7. The highest BCUT2D eigenvalue weighted by atomic mass is 16.6. The zero-order valence-corrected chi connectivity index (χ0v) is 31.0. The van der Waals surface area contributed by atoms with Crippen LogP contribution in [0.5, 0.6) is 5.75 Å². The largest absolute Gasteiger partial charge is 0.490 e. The Morgan fingerprint density at radius 1 is 0.922 bits per heavy atom. The summed E-state index contributed by atoms with van der Waals surface area (Å²) in [7, 11) is 2.07. The minimum atomic E-state index is -0.934. The van der Waals surface area contributed by atoms with Gasteiger partial charge < -0.3 is 39.3 Å². The van der Waals surface area contributed by atoms with Gasteiger partial charge in [-0.15, -0.1) is 0 Å². The van der Waals surface area contributed by atoms with Gasteiger partial charge in [-0.1, -0.05) is 38.1 Å². The normalized spacial score (nSPS) is 22.3. The number of anilines is 2.